The molecule has 142 valence electrons. The Morgan fingerprint density at radius 2 is 1.82 bits per heavy atom. The van der Waals surface area contributed by atoms with Crippen LogP contribution in [0.2, 0.25) is 0 Å². The van der Waals surface area contributed by atoms with Gasteiger partial charge in [0.05, 0.1) is 19.1 Å². The van der Waals surface area contributed by atoms with Crippen LogP contribution in [0.4, 0.5) is 5.69 Å². The Labute approximate surface area is 160 Å². The van der Waals surface area contributed by atoms with Gasteiger partial charge in [0, 0.05) is 18.2 Å². The fourth-order valence-corrected chi connectivity index (χ4v) is 2.51. The monoisotopic (exact) mass is 380 g/mol. The number of rotatable bonds is 6. The summed E-state index contributed by atoms with van der Waals surface area (Å²) in [5.41, 5.74) is 1.38. The van der Waals surface area contributed by atoms with E-state index in [1.807, 2.05) is 0 Å². The minimum absolute atomic E-state index is 0.0263. The minimum Gasteiger partial charge on any atom is -0.493 e. The van der Waals surface area contributed by atoms with Crippen molar-refractivity contribution in [1.82, 2.24) is 0 Å². The normalized spacial score (nSPS) is 14.9. The molecule has 2 aromatic carbocycles. The second-order valence-electron chi connectivity index (χ2n) is 5.67. The SMILES string of the molecule is COc1ccc(/C=C2N=C(/C=C/c3cccc([N+](=O)[O-])c3)OC/2=O)cc1OC. The summed E-state index contributed by atoms with van der Waals surface area (Å²) >= 11 is 0. The first-order valence-corrected chi connectivity index (χ1v) is 8.17. The number of carbonyl (C=O) groups excluding carboxylic acids is 1. The predicted octanol–water partition coefficient (Wildman–Crippen LogP) is 3.62. The Bertz CT molecular complexity index is 1020. The van der Waals surface area contributed by atoms with Crippen LogP contribution >= 0.6 is 0 Å². The van der Waals surface area contributed by atoms with Crippen molar-refractivity contribution in [2.45, 2.75) is 0 Å². The van der Waals surface area contributed by atoms with E-state index in [2.05, 4.69) is 4.99 Å². The Morgan fingerprint density at radius 1 is 1.04 bits per heavy atom. The maximum atomic E-state index is 12.0. The number of methoxy groups -OCH3 is 2. The number of non-ortho nitro benzene ring substituents is 1. The quantitative estimate of drug-likeness (QED) is 0.328. The Morgan fingerprint density at radius 3 is 2.54 bits per heavy atom. The van der Waals surface area contributed by atoms with E-state index in [9.17, 15) is 14.9 Å². The third-order valence-electron chi connectivity index (χ3n) is 3.85. The smallest absolute Gasteiger partial charge is 0.363 e. The molecule has 0 amide bonds. The van der Waals surface area contributed by atoms with E-state index in [1.54, 1.807) is 42.5 Å². The molecular weight excluding hydrogens is 364 g/mol. The molecule has 1 aliphatic rings. The van der Waals surface area contributed by atoms with E-state index < -0.39 is 10.9 Å². The van der Waals surface area contributed by atoms with E-state index in [1.165, 1.54) is 32.4 Å². The summed E-state index contributed by atoms with van der Waals surface area (Å²) in [6.07, 6.45) is 4.63. The second-order valence-corrected chi connectivity index (χ2v) is 5.67. The van der Waals surface area contributed by atoms with Gasteiger partial charge >= 0.3 is 5.97 Å². The summed E-state index contributed by atoms with van der Waals surface area (Å²) in [6.45, 7) is 0. The number of esters is 1. The average molecular weight is 380 g/mol. The lowest BCUT2D eigenvalue weighted by atomic mass is 10.1. The number of benzene rings is 2. The number of hydrogen-bond acceptors (Lipinski definition) is 7. The van der Waals surface area contributed by atoms with E-state index >= 15 is 0 Å². The van der Waals surface area contributed by atoms with Crippen LogP contribution in [0, 0.1) is 10.1 Å². The first-order chi connectivity index (χ1) is 13.5. The maximum absolute atomic E-state index is 12.0. The van der Waals surface area contributed by atoms with Crippen LogP contribution in [0.3, 0.4) is 0 Å². The van der Waals surface area contributed by atoms with Gasteiger partial charge in [-0.25, -0.2) is 9.79 Å². The minimum atomic E-state index is -0.589. The van der Waals surface area contributed by atoms with Crippen LogP contribution in [0.25, 0.3) is 12.2 Å². The van der Waals surface area contributed by atoms with E-state index in [0.29, 0.717) is 22.6 Å². The first kappa shape index (κ1) is 18.8. The summed E-state index contributed by atoms with van der Waals surface area (Å²) in [5, 5.41) is 10.8. The first-order valence-electron chi connectivity index (χ1n) is 8.17. The van der Waals surface area contributed by atoms with Crippen molar-refractivity contribution in [2.75, 3.05) is 14.2 Å². The van der Waals surface area contributed by atoms with Crippen LogP contribution in [0.1, 0.15) is 11.1 Å². The standard InChI is InChI=1S/C20H16N2O6/c1-26-17-8-6-14(12-18(17)27-2)11-16-20(23)28-19(21-16)9-7-13-4-3-5-15(10-13)22(24)25/h3-12H,1-2H3/b9-7+,16-11+. The molecule has 8 nitrogen and oxygen atoms in total. The molecule has 0 atom stereocenters. The molecule has 8 heteroatoms. The summed E-state index contributed by atoms with van der Waals surface area (Å²) < 4.78 is 15.5. The van der Waals surface area contributed by atoms with Crippen molar-refractivity contribution in [3.05, 3.63) is 75.5 Å². The highest BCUT2D eigenvalue weighted by Gasteiger charge is 2.21. The molecule has 28 heavy (non-hydrogen) atoms. The van der Waals surface area contributed by atoms with Gasteiger partial charge in [-0.3, -0.25) is 10.1 Å². The number of hydrogen-bond donors (Lipinski definition) is 0. The van der Waals surface area contributed by atoms with Crippen LogP contribution in [-0.4, -0.2) is 31.0 Å². The van der Waals surface area contributed by atoms with Gasteiger partial charge < -0.3 is 14.2 Å². The van der Waals surface area contributed by atoms with Crippen LogP contribution in [0.15, 0.2) is 59.2 Å². The summed E-state index contributed by atoms with van der Waals surface area (Å²) in [5.74, 6) is 0.609. The van der Waals surface area contributed by atoms with Crippen LogP contribution in [-0.2, 0) is 9.53 Å². The molecule has 1 heterocycles. The lowest BCUT2D eigenvalue weighted by Gasteiger charge is -2.07. The molecule has 3 rings (SSSR count). The maximum Gasteiger partial charge on any atom is 0.363 e. The van der Waals surface area contributed by atoms with Gasteiger partial charge in [0.25, 0.3) is 5.69 Å². The predicted molar refractivity (Wildman–Crippen MR) is 103 cm³/mol. The van der Waals surface area contributed by atoms with Crippen molar-refractivity contribution in [1.29, 1.82) is 0 Å². The summed E-state index contributed by atoms with van der Waals surface area (Å²) in [6, 6.07) is 11.3. The number of aliphatic imine (C=N–C) groups is 1. The largest absolute Gasteiger partial charge is 0.493 e. The number of cyclic esters (lactones) is 1. The number of nitro benzene ring substituents is 1. The highest BCUT2D eigenvalue weighted by atomic mass is 16.6. The van der Waals surface area contributed by atoms with Gasteiger partial charge in [0.1, 0.15) is 0 Å². The molecule has 0 bridgehead atoms. The molecule has 0 N–H and O–H groups in total. The number of ether oxygens (including phenoxy) is 3. The van der Waals surface area contributed by atoms with E-state index in [-0.39, 0.29) is 17.3 Å². The van der Waals surface area contributed by atoms with Crippen molar-refractivity contribution in [3.63, 3.8) is 0 Å². The third kappa shape index (κ3) is 4.24. The molecule has 0 saturated heterocycles. The summed E-state index contributed by atoms with van der Waals surface area (Å²) in [7, 11) is 3.06. The zero-order valence-corrected chi connectivity index (χ0v) is 15.1. The highest BCUT2D eigenvalue weighted by molar-refractivity contribution is 6.11. The Kier molecular flexibility index (Phi) is 5.50. The molecule has 0 fully saturated rings. The lowest BCUT2D eigenvalue weighted by Crippen LogP contribution is -2.01. The van der Waals surface area contributed by atoms with Crippen molar-refractivity contribution in [2.24, 2.45) is 4.99 Å². The van der Waals surface area contributed by atoms with Gasteiger partial charge in [-0.2, -0.15) is 0 Å². The molecule has 0 aliphatic carbocycles. The van der Waals surface area contributed by atoms with Crippen molar-refractivity contribution in [3.8, 4) is 11.5 Å². The molecule has 2 aromatic rings. The zero-order valence-electron chi connectivity index (χ0n) is 15.1. The van der Waals surface area contributed by atoms with Crippen LogP contribution in [0.5, 0.6) is 11.5 Å². The Hall–Kier alpha value is -3.94. The van der Waals surface area contributed by atoms with Gasteiger partial charge in [-0.15, -0.1) is 0 Å². The fourth-order valence-electron chi connectivity index (χ4n) is 2.51. The van der Waals surface area contributed by atoms with Gasteiger partial charge in [0.2, 0.25) is 5.90 Å². The number of carbonyl (C=O) groups is 1. The average Bonchev–Trinajstić information content (AvgIpc) is 3.05. The highest BCUT2D eigenvalue weighted by Crippen LogP contribution is 2.29. The topological polar surface area (TPSA) is 100 Å². The molecule has 1 aliphatic heterocycles. The van der Waals surface area contributed by atoms with Gasteiger partial charge in [0.15, 0.2) is 17.2 Å². The lowest BCUT2D eigenvalue weighted by molar-refractivity contribution is -0.384. The van der Waals surface area contributed by atoms with E-state index in [0.717, 1.165) is 0 Å². The second kappa shape index (κ2) is 8.17. The van der Waals surface area contributed by atoms with Gasteiger partial charge in [-0.1, -0.05) is 18.2 Å². The molecule has 0 unspecified atom stereocenters. The van der Waals surface area contributed by atoms with Crippen LogP contribution < -0.4 is 9.47 Å². The summed E-state index contributed by atoms with van der Waals surface area (Å²) in [4.78, 5) is 26.5. The van der Waals surface area contributed by atoms with Crippen molar-refractivity contribution < 1.29 is 23.9 Å². The van der Waals surface area contributed by atoms with E-state index in [4.69, 9.17) is 14.2 Å². The van der Waals surface area contributed by atoms with Gasteiger partial charge in [-0.05, 0) is 35.4 Å². The number of nitro groups is 1. The molecule has 0 spiro atoms. The third-order valence-corrected chi connectivity index (χ3v) is 3.85. The number of nitrogens with zero attached hydrogens (tertiary/aromatic N) is 2. The molecular formula is C20H16N2O6. The fraction of sp³-hybridized carbons (Fsp3) is 0.100. The zero-order chi connectivity index (χ0) is 20.1. The molecule has 0 aromatic heterocycles. The molecule has 0 radical (unpaired) electrons. The Balaban J connectivity index is 1.82. The molecule has 0 saturated carbocycles. The van der Waals surface area contributed by atoms with Crippen molar-refractivity contribution >= 4 is 29.7 Å².